The molecule has 0 heterocycles. The molecule has 0 saturated heterocycles. The molecule has 19 nitrogen and oxygen atoms in total. The van der Waals surface area contributed by atoms with Crippen molar-refractivity contribution in [2.45, 2.75) is 409 Å². The number of ether oxygens (including phenoxy) is 2. The van der Waals surface area contributed by atoms with Crippen LogP contribution in [0, 0.1) is 185 Å². The van der Waals surface area contributed by atoms with Crippen LogP contribution in [-0.4, -0.2) is 154 Å². The molecule has 121 heavy (non-hydrogen) atoms. The number of nitrogens with zero attached hydrogens (tertiary/aromatic N) is 1. The van der Waals surface area contributed by atoms with Crippen LogP contribution in [0.5, 0.6) is 0 Å². The predicted octanol–water partition coefficient (Wildman–Crippen LogP) is 17.5. The number of carbonyl (C=O) groups excluding carboxylic acids is 2. The molecule has 0 aliphatic heterocycles. The second-order valence-corrected chi connectivity index (χ2v) is 47.0. The van der Waals surface area contributed by atoms with Crippen LogP contribution in [0.1, 0.15) is 354 Å². The highest BCUT2D eigenvalue weighted by Gasteiger charge is 2.70. The molecule has 16 saturated carbocycles. The molecule has 16 aliphatic carbocycles. The normalized spacial score (nSPS) is 49.6. The van der Waals surface area contributed by atoms with Gasteiger partial charge < -0.3 is 71.5 Å². The molecule has 0 aromatic rings. The van der Waals surface area contributed by atoms with Crippen LogP contribution in [0.4, 0.5) is 0 Å². The van der Waals surface area contributed by atoms with Crippen molar-refractivity contribution >= 4 is 29.6 Å². The summed E-state index contributed by atoms with van der Waals surface area (Å²) in [4.78, 5) is 46.2. The summed E-state index contributed by atoms with van der Waals surface area (Å²) in [6.07, 6.45) is 34.4. The highest BCUT2D eigenvalue weighted by atomic mass is 16.5. The molecule has 0 unspecified atom stereocenters. The number of unbranched alkanes of at least 4 members (excludes halogenated alkanes) is 1. The fourth-order valence-corrected chi connectivity index (χ4v) is 35.3. The van der Waals surface area contributed by atoms with Gasteiger partial charge in [0, 0.05) is 42.7 Å². The van der Waals surface area contributed by atoms with Crippen LogP contribution in [0.3, 0.4) is 0 Å². The Bertz CT molecular complexity index is 3540. The number of fused-ring (bicyclic) bond motifs is 20. The summed E-state index contributed by atoms with van der Waals surface area (Å²) in [6, 6.07) is 0. The Kier molecular flexibility index (Phi) is 29.9. The minimum atomic E-state index is -0.748. The van der Waals surface area contributed by atoms with Gasteiger partial charge in [0.1, 0.15) is 0 Å². The summed E-state index contributed by atoms with van der Waals surface area (Å²) in [6.45, 7) is 32.8. The lowest BCUT2D eigenvalue weighted by Gasteiger charge is -2.63. The molecule has 0 spiro atoms. The van der Waals surface area contributed by atoms with Gasteiger partial charge in [-0.1, -0.05) is 96.4 Å². The molecule has 41 atom stereocenters. The molecular weight excluding hydrogens is 1530 g/mol. The van der Waals surface area contributed by atoms with Crippen molar-refractivity contribution in [2.75, 3.05) is 13.2 Å². The number of nitrogens with two attached hydrogens (primary N) is 1. The number of hydrazone groups is 1. The summed E-state index contributed by atoms with van der Waals surface area (Å²) in [5.74, 6) is 15.0. The molecular formula is C102H172N2O17. The Morgan fingerprint density at radius 2 is 0.736 bits per heavy atom. The van der Waals surface area contributed by atoms with Gasteiger partial charge in [0.25, 0.3) is 0 Å². The van der Waals surface area contributed by atoms with E-state index in [9.17, 15) is 65.1 Å². The highest BCUT2D eigenvalue weighted by Crippen LogP contribution is 2.74. The molecule has 16 fully saturated rings. The third-order valence-corrected chi connectivity index (χ3v) is 42.3. The maximum absolute atomic E-state index is 12.2. The minimum absolute atomic E-state index is 0.0212. The fourth-order valence-electron chi connectivity index (χ4n) is 35.3. The molecule has 16 aliphatic rings. The number of aliphatic hydroxyl groups excluding tert-OH is 9. The second-order valence-electron chi connectivity index (χ2n) is 47.0. The number of carboxylic acids is 2. The second kappa shape index (κ2) is 37.8. The minimum Gasteiger partial charge on any atom is -0.481 e. The van der Waals surface area contributed by atoms with E-state index in [1.54, 1.807) is 0 Å². The van der Waals surface area contributed by atoms with Crippen LogP contribution in [-0.2, 0) is 28.7 Å². The number of hydrogen-bond acceptors (Lipinski definition) is 17. The molecule has 0 aromatic carbocycles. The van der Waals surface area contributed by atoms with Crippen molar-refractivity contribution in [2.24, 2.45) is 196 Å². The average molecular weight is 1700 g/mol. The van der Waals surface area contributed by atoms with E-state index in [0.717, 1.165) is 184 Å². The zero-order chi connectivity index (χ0) is 87.8. The SMILES string of the molecule is CCCCOC(=O)CC[C@@H](C)[C@H]1CC[C@H]2[C@@H]3CC[C@@H]4C[C@H](O)CC[C@]4(C)[C@H]3C[C@H](O)[C@]12C.CCOC(=O)CC[C@@H](C)[C@H]1CC[C@H]2[C@@H]3CC[C@@H]4C[C@H](O)CC[C@]4(C)[C@H]3C[C@H](O)[C@]12C.C[C@H](CCC(=O)O)[C@H]1CC[C@H]2[C@@H]3/C(=N/N)C[C@@H]4C[C@H](O)CC[C@]4(C)[C@H]3C[C@H](O)[C@]12C.C[C@H](CCC(=O)O)[C@H]1CC[C@H]2[C@@H]3[C@H](O)C[C@@H]4C[C@H](O)CC[C@]4(C)[C@H]3C[C@H](O)[C@]12C. The molecule has 13 N–H and O–H groups in total. The molecule has 16 rings (SSSR count). The van der Waals surface area contributed by atoms with E-state index < -0.39 is 18.0 Å². The zero-order valence-corrected chi connectivity index (χ0v) is 77.6. The van der Waals surface area contributed by atoms with Crippen LogP contribution < -0.4 is 5.84 Å². The fraction of sp³-hybridized carbons (Fsp3) is 0.951. The van der Waals surface area contributed by atoms with Gasteiger partial charge in [0.2, 0.25) is 0 Å². The maximum atomic E-state index is 12.2. The van der Waals surface area contributed by atoms with Gasteiger partial charge in [0.05, 0.1) is 68.1 Å². The lowest BCUT2D eigenvalue weighted by atomic mass is 9.43. The largest absolute Gasteiger partial charge is 0.481 e. The number of carbonyl (C=O) groups is 4. The Labute approximate surface area is 728 Å². The smallest absolute Gasteiger partial charge is 0.305 e. The van der Waals surface area contributed by atoms with Crippen molar-refractivity contribution in [3.63, 3.8) is 0 Å². The molecule has 19 heteroatoms. The predicted molar refractivity (Wildman–Crippen MR) is 470 cm³/mol. The maximum Gasteiger partial charge on any atom is 0.305 e. The monoisotopic (exact) mass is 1700 g/mol. The van der Waals surface area contributed by atoms with E-state index in [-0.39, 0.29) is 135 Å². The van der Waals surface area contributed by atoms with Crippen molar-refractivity contribution in [1.29, 1.82) is 0 Å². The Morgan fingerprint density at radius 1 is 0.388 bits per heavy atom. The van der Waals surface area contributed by atoms with Gasteiger partial charge in [-0.2, -0.15) is 5.10 Å². The lowest BCUT2D eigenvalue weighted by Crippen LogP contribution is -2.62. The van der Waals surface area contributed by atoms with Crippen LogP contribution in [0.2, 0.25) is 0 Å². The number of rotatable bonds is 20. The van der Waals surface area contributed by atoms with Crippen LogP contribution in [0.25, 0.3) is 0 Å². The van der Waals surface area contributed by atoms with E-state index in [2.05, 4.69) is 95.1 Å². The number of hydrogen-bond donors (Lipinski definition) is 12. The summed E-state index contributed by atoms with van der Waals surface area (Å²) < 4.78 is 10.5. The van der Waals surface area contributed by atoms with Gasteiger partial charge in [0.15, 0.2) is 0 Å². The first kappa shape index (κ1) is 95.6. The first-order valence-electron chi connectivity index (χ1n) is 50.3. The van der Waals surface area contributed by atoms with Crippen molar-refractivity contribution in [3.8, 4) is 0 Å². The van der Waals surface area contributed by atoms with Crippen molar-refractivity contribution in [3.05, 3.63) is 0 Å². The van der Waals surface area contributed by atoms with E-state index >= 15 is 0 Å². The highest BCUT2D eigenvalue weighted by molar-refractivity contribution is 5.89. The molecule has 0 radical (unpaired) electrons. The van der Waals surface area contributed by atoms with Crippen molar-refractivity contribution in [1.82, 2.24) is 0 Å². The van der Waals surface area contributed by atoms with Gasteiger partial charge in [-0.25, -0.2) is 0 Å². The average Bonchev–Trinajstić information content (AvgIpc) is 1.66. The number of esters is 2. The van der Waals surface area contributed by atoms with Crippen LogP contribution in [0.15, 0.2) is 5.10 Å². The third-order valence-electron chi connectivity index (χ3n) is 42.3. The van der Waals surface area contributed by atoms with E-state index in [1.165, 1.54) is 51.4 Å². The molecule has 0 aromatic heterocycles. The molecule has 0 amide bonds. The Balaban J connectivity index is 0.000000139. The quantitative estimate of drug-likeness (QED) is 0.0233. The van der Waals surface area contributed by atoms with Gasteiger partial charge in [-0.05, 0) is 406 Å². The van der Waals surface area contributed by atoms with Crippen molar-refractivity contribution < 1.29 is 84.8 Å². The summed E-state index contributed by atoms with van der Waals surface area (Å²) >= 11 is 0. The van der Waals surface area contributed by atoms with E-state index in [0.29, 0.717) is 151 Å². The Morgan fingerprint density at radius 3 is 1.15 bits per heavy atom. The zero-order valence-electron chi connectivity index (χ0n) is 77.6. The number of carboxylic acid groups (broad SMARTS) is 2. The van der Waals surface area contributed by atoms with Gasteiger partial charge in [-0.15, -0.1) is 0 Å². The standard InChI is InChI=1S/C28H48O4.C26H44O4.C24H40N2O4.C24H40O5/c1-5-6-15-32-26(31)12-7-18(2)22-10-11-23-21-9-8-19-16-20(29)13-14-27(19,3)24(21)17-25(30)28(22,23)4;1-5-30-24(29)11-6-16(2)20-9-10-21-19-8-7-17-14-18(27)12-13-25(17,3)22(19)15-23(28)26(20,21)4;1-13(4-7-21(29)30)16-5-6-17-22-18(12-20(28)24(16,17)3)23(2)9-8-15(27)10-14(23)11-19(22)26-25;1-13(4-7-21(28)29)16-5-6-17-22-18(12-20(27)24(16,17)3)23(2)9-8-15(25)10-14(23)11-19(22)26/h18-25,29-30H,5-17H2,1-4H3;16-23,27-28H,5-15H2,1-4H3;13-18,20,22,27-28H,4-12,25H2,1-3H3,(H,29,30);13-20,22,25-27H,4-12H2,1-3H3,(H,28,29)/b;;26-19+;/t18-,19-,20-,21+,22-,23+,24+,25+,27+,28-;16-,17-,18-,19+,20-,21+,22+,23+,25+,26-;13-,14+,15-,16-,17+,18+,20+,22+,23+,24-;13-,14+,15-,16-,17+,18+,19-,20+,22+,23+,24-/m1111/s1. The van der Waals surface area contributed by atoms with Gasteiger partial charge >= 0.3 is 23.9 Å². The van der Waals surface area contributed by atoms with E-state index in [4.69, 9.17) is 25.5 Å². The molecule has 0 bridgehead atoms. The first-order valence-corrected chi connectivity index (χ1v) is 50.3. The molecule has 692 valence electrons. The van der Waals surface area contributed by atoms with E-state index in [1.807, 2.05) is 6.92 Å². The number of aliphatic carboxylic acids is 2. The topological polar surface area (TPSA) is 348 Å². The summed E-state index contributed by atoms with van der Waals surface area (Å²) in [5.41, 5.74) is 1.39. The first-order chi connectivity index (χ1) is 57.1. The van der Waals surface area contributed by atoms with Gasteiger partial charge in [-0.3, -0.25) is 19.2 Å². The summed E-state index contributed by atoms with van der Waals surface area (Å²) in [5, 5.41) is 121. The Hall–Kier alpha value is -3.01. The van der Waals surface area contributed by atoms with Crippen LogP contribution >= 0.6 is 0 Å². The third kappa shape index (κ3) is 17.5. The summed E-state index contributed by atoms with van der Waals surface area (Å²) in [7, 11) is 0. The lowest BCUT2D eigenvalue weighted by molar-refractivity contribution is -0.207. The number of aliphatic hydroxyl groups is 9.